The van der Waals surface area contributed by atoms with Crippen LogP contribution >= 0.6 is 0 Å². The van der Waals surface area contributed by atoms with E-state index in [1.54, 1.807) is 25.4 Å². The van der Waals surface area contributed by atoms with Gasteiger partial charge in [0.05, 0.1) is 19.0 Å². The topological polar surface area (TPSA) is 63.2 Å². The van der Waals surface area contributed by atoms with Crippen LogP contribution in [0.3, 0.4) is 0 Å². The van der Waals surface area contributed by atoms with Crippen molar-refractivity contribution in [2.24, 2.45) is 0 Å². The Hall–Kier alpha value is -3.34. The van der Waals surface area contributed by atoms with Crippen LogP contribution in [0.5, 0.6) is 5.75 Å². The lowest BCUT2D eigenvalue weighted by molar-refractivity contribution is 0.102. The molecule has 0 bridgehead atoms. The van der Waals surface area contributed by atoms with E-state index in [2.05, 4.69) is 15.6 Å². The Morgan fingerprint density at radius 1 is 1.00 bits per heavy atom. The summed E-state index contributed by atoms with van der Waals surface area (Å²) >= 11 is 0. The summed E-state index contributed by atoms with van der Waals surface area (Å²) in [7, 11) is 1.63. The van der Waals surface area contributed by atoms with E-state index in [1.165, 1.54) is 0 Å². The SMILES string of the molecule is COc1cccc(Nc2ccc(NC(=O)c3cccc(C)c3)nc2)c1. The molecule has 0 saturated carbocycles. The van der Waals surface area contributed by atoms with E-state index in [4.69, 9.17) is 4.74 Å². The molecule has 5 heteroatoms. The monoisotopic (exact) mass is 333 g/mol. The highest BCUT2D eigenvalue weighted by molar-refractivity contribution is 6.03. The minimum Gasteiger partial charge on any atom is -0.497 e. The quantitative estimate of drug-likeness (QED) is 0.727. The summed E-state index contributed by atoms with van der Waals surface area (Å²) in [6.45, 7) is 1.95. The molecule has 0 unspecified atom stereocenters. The average Bonchev–Trinajstić information content (AvgIpc) is 2.63. The van der Waals surface area contributed by atoms with Gasteiger partial charge in [0, 0.05) is 17.3 Å². The number of pyridine rings is 1. The Balaban J connectivity index is 1.66. The first-order chi connectivity index (χ1) is 12.1. The van der Waals surface area contributed by atoms with Crippen LogP contribution in [0.2, 0.25) is 0 Å². The number of hydrogen-bond donors (Lipinski definition) is 2. The van der Waals surface area contributed by atoms with Crippen LogP contribution in [0.15, 0.2) is 66.9 Å². The Bertz CT molecular complexity index is 876. The van der Waals surface area contributed by atoms with Gasteiger partial charge < -0.3 is 15.4 Å². The van der Waals surface area contributed by atoms with Crippen molar-refractivity contribution in [2.45, 2.75) is 6.92 Å². The number of nitrogens with one attached hydrogen (secondary N) is 2. The van der Waals surface area contributed by atoms with Gasteiger partial charge >= 0.3 is 0 Å². The number of hydrogen-bond acceptors (Lipinski definition) is 4. The van der Waals surface area contributed by atoms with Gasteiger partial charge in [-0.15, -0.1) is 0 Å². The highest BCUT2D eigenvalue weighted by atomic mass is 16.5. The summed E-state index contributed by atoms with van der Waals surface area (Å²) < 4.78 is 5.20. The van der Waals surface area contributed by atoms with Crippen LogP contribution in [-0.4, -0.2) is 18.0 Å². The zero-order valence-electron chi connectivity index (χ0n) is 14.1. The molecule has 1 heterocycles. The molecule has 3 aromatic rings. The van der Waals surface area contributed by atoms with Crippen LogP contribution in [0.4, 0.5) is 17.2 Å². The van der Waals surface area contributed by atoms with Crippen LogP contribution in [0.1, 0.15) is 15.9 Å². The first kappa shape index (κ1) is 16.5. The van der Waals surface area contributed by atoms with Crippen molar-refractivity contribution < 1.29 is 9.53 Å². The number of carbonyl (C=O) groups excluding carboxylic acids is 1. The first-order valence-corrected chi connectivity index (χ1v) is 7.89. The number of ether oxygens (including phenoxy) is 1. The van der Waals surface area contributed by atoms with Gasteiger partial charge in [0.2, 0.25) is 0 Å². The Morgan fingerprint density at radius 3 is 2.56 bits per heavy atom. The van der Waals surface area contributed by atoms with E-state index in [0.717, 1.165) is 22.7 Å². The van der Waals surface area contributed by atoms with E-state index in [0.29, 0.717) is 11.4 Å². The standard InChI is InChI=1S/C20H19N3O2/c1-14-5-3-6-15(11-14)20(24)23-19-10-9-17(13-21-19)22-16-7-4-8-18(12-16)25-2/h3-13,22H,1-2H3,(H,21,23,24). The van der Waals surface area contributed by atoms with Crippen molar-refractivity contribution in [1.29, 1.82) is 0 Å². The molecule has 0 spiro atoms. The molecule has 5 nitrogen and oxygen atoms in total. The lowest BCUT2D eigenvalue weighted by atomic mass is 10.1. The fourth-order valence-electron chi connectivity index (χ4n) is 2.38. The molecule has 0 aliphatic rings. The van der Waals surface area contributed by atoms with Gasteiger partial charge in [-0.3, -0.25) is 4.79 Å². The molecule has 0 atom stereocenters. The summed E-state index contributed by atoms with van der Waals surface area (Å²) in [6.07, 6.45) is 1.67. The number of carbonyl (C=O) groups is 1. The van der Waals surface area contributed by atoms with E-state index >= 15 is 0 Å². The van der Waals surface area contributed by atoms with Crippen molar-refractivity contribution in [3.63, 3.8) is 0 Å². The second-order valence-corrected chi connectivity index (χ2v) is 5.61. The van der Waals surface area contributed by atoms with Crippen molar-refractivity contribution in [3.8, 4) is 5.75 Å². The summed E-state index contributed by atoms with van der Waals surface area (Å²) in [4.78, 5) is 16.5. The smallest absolute Gasteiger partial charge is 0.256 e. The van der Waals surface area contributed by atoms with Gasteiger partial charge in [-0.1, -0.05) is 23.8 Å². The molecule has 1 aromatic heterocycles. The molecular weight excluding hydrogens is 314 g/mol. The van der Waals surface area contributed by atoms with Crippen LogP contribution < -0.4 is 15.4 Å². The third-order valence-electron chi connectivity index (χ3n) is 3.64. The maximum atomic E-state index is 12.2. The largest absolute Gasteiger partial charge is 0.497 e. The average molecular weight is 333 g/mol. The number of aromatic nitrogens is 1. The fourth-order valence-corrected chi connectivity index (χ4v) is 2.38. The van der Waals surface area contributed by atoms with Crippen molar-refractivity contribution >= 4 is 23.1 Å². The van der Waals surface area contributed by atoms with Crippen LogP contribution in [-0.2, 0) is 0 Å². The minimum atomic E-state index is -0.176. The van der Waals surface area contributed by atoms with Gasteiger partial charge in [-0.25, -0.2) is 4.98 Å². The zero-order chi connectivity index (χ0) is 17.6. The predicted octanol–water partition coefficient (Wildman–Crippen LogP) is 4.39. The number of anilines is 3. The zero-order valence-corrected chi connectivity index (χ0v) is 14.1. The van der Waals surface area contributed by atoms with E-state index in [-0.39, 0.29) is 5.91 Å². The maximum Gasteiger partial charge on any atom is 0.256 e. The normalized spacial score (nSPS) is 10.2. The number of methoxy groups -OCH3 is 1. The van der Waals surface area contributed by atoms with E-state index in [1.807, 2.05) is 55.5 Å². The lowest BCUT2D eigenvalue weighted by Gasteiger charge is -2.09. The number of amides is 1. The third kappa shape index (κ3) is 4.35. The number of nitrogens with zero attached hydrogens (tertiary/aromatic N) is 1. The predicted molar refractivity (Wildman–Crippen MR) is 99.6 cm³/mol. The highest BCUT2D eigenvalue weighted by Gasteiger charge is 2.07. The number of benzene rings is 2. The molecule has 126 valence electrons. The Kier molecular flexibility index (Phi) is 4.95. The van der Waals surface area contributed by atoms with Gasteiger partial charge in [0.1, 0.15) is 11.6 Å². The molecule has 25 heavy (non-hydrogen) atoms. The molecule has 0 aliphatic heterocycles. The molecule has 3 rings (SSSR count). The first-order valence-electron chi connectivity index (χ1n) is 7.89. The molecule has 2 aromatic carbocycles. The molecular formula is C20H19N3O2. The molecule has 2 N–H and O–H groups in total. The van der Waals surface area contributed by atoms with Crippen molar-refractivity contribution in [2.75, 3.05) is 17.7 Å². The Morgan fingerprint density at radius 2 is 1.84 bits per heavy atom. The number of rotatable bonds is 5. The lowest BCUT2D eigenvalue weighted by Crippen LogP contribution is -2.13. The van der Waals surface area contributed by atoms with Crippen LogP contribution in [0.25, 0.3) is 0 Å². The Labute approximate surface area is 146 Å². The minimum absolute atomic E-state index is 0.176. The van der Waals surface area contributed by atoms with E-state index in [9.17, 15) is 4.79 Å². The molecule has 0 aliphatic carbocycles. The molecule has 1 amide bonds. The summed E-state index contributed by atoms with van der Waals surface area (Å²) in [6, 6.07) is 18.7. The van der Waals surface area contributed by atoms with Gasteiger partial charge in [-0.2, -0.15) is 0 Å². The second kappa shape index (κ2) is 7.49. The van der Waals surface area contributed by atoms with Crippen molar-refractivity contribution in [3.05, 3.63) is 78.0 Å². The van der Waals surface area contributed by atoms with Gasteiger partial charge in [0.25, 0.3) is 5.91 Å². The molecule has 0 radical (unpaired) electrons. The van der Waals surface area contributed by atoms with Crippen LogP contribution in [0, 0.1) is 6.92 Å². The summed E-state index contributed by atoms with van der Waals surface area (Å²) in [5.41, 5.74) is 3.37. The molecule has 0 fully saturated rings. The maximum absolute atomic E-state index is 12.2. The van der Waals surface area contributed by atoms with Crippen molar-refractivity contribution in [1.82, 2.24) is 4.98 Å². The van der Waals surface area contributed by atoms with E-state index < -0.39 is 0 Å². The van der Waals surface area contributed by atoms with Gasteiger partial charge in [-0.05, 0) is 43.3 Å². The second-order valence-electron chi connectivity index (χ2n) is 5.61. The highest BCUT2D eigenvalue weighted by Crippen LogP contribution is 2.21. The van der Waals surface area contributed by atoms with Gasteiger partial charge in [0.15, 0.2) is 0 Å². The number of aryl methyl sites for hydroxylation is 1. The summed E-state index contributed by atoms with van der Waals surface area (Å²) in [5.74, 6) is 1.10. The third-order valence-corrected chi connectivity index (χ3v) is 3.64. The molecule has 0 saturated heterocycles. The summed E-state index contributed by atoms with van der Waals surface area (Å²) in [5, 5.41) is 6.04. The fraction of sp³-hybridized carbons (Fsp3) is 0.100.